The Bertz CT molecular complexity index is 954. The molecule has 0 aliphatic carbocycles. The van der Waals surface area contributed by atoms with Gasteiger partial charge in [-0.3, -0.25) is 14.8 Å². The van der Waals surface area contributed by atoms with Crippen molar-refractivity contribution in [3.63, 3.8) is 0 Å². The maximum Gasteiger partial charge on any atom is 0.271 e. The van der Waals surface area contributed by atoms with Crippen molar-refractivity contribution in [3.8, 4) is 0 Å². The Morgan fingerprint density at radius 3 is 3.00 bits per heavy atom. The first kappa shape index (κ1) is 16.2. The fourth-order valence-corrected chi connectivity index (χ4v) is 2.89. The zero-order valence-electron chi connectivity index (χ0n) is 13.9. The van der Waals surface area contributed by atoms with Gasteiger partial charge in [-0.15, -0.1) is 0 Å². The summed E-state index contributed by atoms with van der Waals surface area (Å²) >= 11 is 0. The molecule has 1 amide bonds. The van der Waals surface area contributed by atoms with Crippen LogP contribution in [0.2, 0.25) is 0 Å². The average molecular weight is 350 g/mol. The van der Waals surface area contributed by atoms with Crippen LogP contribution in [0.15, 0.2) is 36.9 Å². The first-order chi connectivity index (χ1) is 12.7. The lowest BCUT2D eigenvalue weighted by Crippen LogP contribution is -2.24. The topological polar surface area (TPSA) is 131 Å². The minimum Gasteiger partial charge on any atom is -0.365 e. The lowest BCUT2D eigenvalue weighted by Gasteiger charge is -2.14. The van der Waals surface area contributed by atoms with Crippen LogP contribution >= 0.6 is 0 Å². The van der Waals surface area contributed by atoms with Gasteiger partial charge in [-0.05, 0) is 25.1 Å². The molecule has 0 saturated carbocycles. The van der Waals surface area contributed by atoms with E-state index in [1.54, 1.807) is 18.6 Å². The number of pyridine rings is 2. The Kier molecular flexibility index (Phi) is 4.28. The molecule has 5 N–H and O–H groups in total. The van der Waals surface area contributed by atoms with Gasteiger partial charge in [-0.2, -0.15) is 0 Å². The van der Waals surface area contributed by atoms with Crippen LogP contribution in [0, 0.1) is 0 Å². The third kappa shape index (κ3) is 3.38. The lowest BCUT2D eigenvalue weighted by molar-refractivity contribution is 0.0996. The van der Waals surface area contributed by atoms with Crippen LogP contribution in [0.3, 0.4) is 0 Å². The number of rotatable bonds is 5. The predicted octanol–water partition coefficient (Wildman–Crippen LogP) is 1.04. The van der Waals surface area contributed by atoms with Crippen molar-refractivity contribution >= 4 is 34.1 Å². The monoisotopic (exact) mass is 350 g/mol. The molecular weight excluding hydrogens is 332 g/mol. The summed E-state index contributed by atoms with van der Waals surface area (Å²) in [5, 5.41) is 10.6. The maximum absolute atomic E-state index is 11.7. The SMILES string of the molecule is NC(=O)c1ncc(NC2CCNC2)nc1Nc1cnc2ccncc2c1. The van der Waals surface area contributed by atoms with E-state index in [0.717, 1.165) is 30.4 Å². The molecule has 1 unspecified atom stereocenters. The van der Waals surface area contributed by atoms with Gasteiger partial charge in [0, 0.05) is 30.4 Å². The number of hydrogen-bond acceptors (Lipinski definition) is 8. The summed E-state index contributed by atoms with van der Waals surface area (Å²) in [5.74, 6) is 0.226. The third-order valence-electron chi connectivity index (χ3n) is 4.16. The van der Waals surface area contributed by atoms with Crippen LogP contribution in [-0.4, -0.2) is 45.0 Å². The van der Waals surface area contributed by atoms with E-state index in [2.05, 4.69) is 35.9 Å². The highest BCUT2D eigenvalue weighted by Gasteiger charge is 2.17. The van der Waals surface area contributed by atoms with Gasteiger partial charge in [-0.1, -0.05) is 0 Å². The molecule has 1 aliphatic rings. The van der Waals surface area contributed by atoms with Gasteiger partial charge in [-0.25, -0.2) is 9.97 Å². The van der Waals surface area contributed by atoms with E-state index in [1.807, 2.05) is 12.1 Å². The fraction of sp³-hybridized carbons (Fsp3) is 0.235. The zero-order valence-corrected chi connectivity index (χ0v) is 13.9. The summed E-state index contributed by atoms with van der Waals surface area (Å²) in [5.41, 5.74) is 7.01. The number of hydrogen-bond donors (Lipinski definition) is 4. The maximum atomic E-state index is 11.7. The predicted molar refractivity (Wildman–Crippen MR) is 98.3 cm³/mol. The standard InChI is InChI=1S/C17H18N8O/c18-16(26)15-17(25-14(9-22-15)23-11-1-3-20-7-11)24-12-5-10-6-19-4-2-13(10)21-8-12/h2,4-6,8-9,11,20H,1,3,7H2,(H2,18,26)(H2,23,24,25). The van der Waals surface area contributed by atoms with Crippen molar-refractivity contribution in [1.82, 2.24) is 25.3 Å². The number of primary amides is 1. The van der Waals surface area contributed by atoms with E-state index in [9.17, 15) is 4.79 Å². The fourth-order valence-electron chi connectivity index (χ4n) is 2.89. The molecule has 3 aromatic heterocycles. The molecule has 1 aliphatic heterocycles. The van der Waals surface area contributed by atoms with Crippen molar-refractivity contribution in [3.05, 3.63) is 42.6 Å². The van der Waals surface area contributed by atoms with Gasteiger partial charge in [0.2, 0.25) is 0 Å². The number of carbonyl (C=O) groups excluding carboxylic acids is 1. The van der Waals surface area contributed by atoms with Gasteiger partial charge in [0.05, 0.1) is 23.6 Å². The smallest absolute Gasteiger partial charge is 0.271 e. The summed E-state index contributed by atoms with van der Waals surface area (Å²) in [6, 6.07) is 3.99. The molecule has 4 heterocycles. The minimum atomic E-state index is -0.649. The molecule has 0 spiro atoms. The second kappa shape index (κ2) is 6.89. The molecular formula is C17H18N8O. The van der Waals surface area contributed by atoms with Crippen LogP contribution in [0.25, 0.3) is 10.9 Å². The van der Waals surface area contributed by atoms with Gasteiger partial charge in [0.25, 0.3) is 5.91 Å². The molecule has 9 heteroatoms. The van der Waals surface area contributed by atoms with E-state index in [4.69, 9.17) is 5.73 Å². The number of aromatic nitrogens is 4. The minimum absolute atomic E-state index is 0.0754. The number of amides is 1. The molecule has 26 heavy (non-hydrogen) atoms. The summed E-state index contributed by atoms with van der Waals surface area (Å²) in [4.78, 5) is 28.8. The lowest BCUT2D eigenvalue weighted by atomic mass is 10.2. The molecule has 0 aromatic carbocycles. The normalized spacial score (nSPS) is 16.5. The second-order valence-corrected chi connectivity index (χ2v) is 6.07. The van der Waals surface area contributed by atoms with Crippen molar-refractivity contribution in [1.29, 1.82) is 0 Å². The Labute approximate surface area is 149 Å². The number of nitrogens with zero attached hydrogens (tertiary/aromatic N) is 4. The van der Waals surface area contributed by atoms with Crippen molar-refractivity contribution in [2.24, 2.45) is 5.73 Å². The van der Waals surface area contributed by atoms with Gasteiger partial charge < -0.3 is 21.7 Å². The van der Waals surface area contributed by atoms with Crippen LogP contribution in [0.5, 0.6) is 0 Å². The number of fused-ring (bicyclic) bond motifs is 1. The van der Waals surface area contributed by atoms with Crippen molar-refractivity contribution in [2.75, 3.05) is 23.7 Å². The molecule has 9 nitrogen and oxygen atoms in total. The van der Waals surface area contributed by atoms with Crippen LogP contribution in [-0.2, 0) is 0 Å². The molecule has 3 aromatic rings. The molecule has 4 rings (SSSR count). The Morgan fingerprint density at radius 1 is 1.27 bits per heavy atom. The van der Waals surface area contributed by atoms with Crippen molar-refractivity contribution < 1.29 is 4.79 Å². The highest BCUT2D eigenvalue weighted by molar-refractivity contribution is 5.96. The molecule has 0 bridgehead atoms. The molecule has 1 fully saturated rings. The van der Waals surface area contributed by atoms with E-state index in [0.29, 0.717) is 17.3 Å². The first-order valence-corrected chi connectivity index (χ1v) is 8.30. The summed E-state index contributed by atoms with van der Waals surface area (Å²) in [6.45, 7) is 1.83. The summed E-state index contributed by atoms with van der Waals surface area (Å²) in [7, 11) is 0. The van der Waals surface area contributed by atoms with Gasteiger partial charge in [0.15, 0.2) is 11.5 Å². The first-order valence-electron chi connectivity index (χ1n) is 8.30. The average Bonchev–Trinajstić information content (AvgIpc) is 3.14. The van der Waals surface area contributed by atoms with E-state index in [1.165, 1.54) is 6.20 Å². The van der Waals surface area contributed by atoms with E-state index < -0.39 is 5.91 Å². The van der Waals surface area contributed by atoms with Crippen LogP contribution in [0.4, 0.5) is 17.3 Å². The second-order valence-electron chi connectivity index (χ2n) is 6.07. The quantitative estimate of drug-likeness (QED) is 0.537. The Hall–Kier alpha value is -3.33. The number of nitrogens with one attached hydrogen (secondary N) is 3. The largest absolute Gasteiger partial charge is 0.365 e. The summed E-state index contributed by atoms with van der Waals surface area (Å²) in [6.07, 6.45) is 7.59. The number of carbonyl (C=O) groups is 1. The molecule has 0 radical (unpaired) electrons. The van der Waals surface area contributed by atoms with E-state index in [-0.39, 0.29) is 11.7 Å². The van der Waals surface area contributed by atoms with Crippen molar-refractivity contribution in [2.45, 2.75) is 12.5 Å². The highest BCUT2D eigenvalue weighted by atomic mass is 16.1. The molecule has 132 valence electrons. The van der Waals surface area contributed by atoms with Crippen LogP contribution < -0.4 is 21.7 Å². The molecule has 1 saturated heterocycles. The zero-order chi connectivity index (χ0) is 17.9. The van der Waals surface area contributed by atoms with Gasteiger partial charge >= 0.3 is 0 Å². The van der Waals surface area contributed by atoms with E-state index >= 15 is 0 Å². The van der Waals surface area contributed by atoms with Gasteiger partial charge in [0.1, 0.15) is 5.82 Å². The summed E-state index contributed by atoms with van der Waals surface area (Å²) < 4.78 is 0. The third-order valence-corrected chi connectivity index (χ3v) is 4.16. The Balaban J connectivity index is 1.64. The number of nitrogens with two attached hydrogens (primary N) is 1. The molecule has 1 atom stereocenters. The highest BCUT2D eigenvalue weighted by Crippen LogP contribution is 2.22. The Morgan fingerprint density at radius 2 is 2.19 bits per heavy atom. The van der Waals surface area contributed by atoms with Crippen LogP contribution in [0.1, 0.15) is 16.9 Å². The number of anilines is 3.